The Balaban J connectivity index is 1.90. The van der Waals surface area contributed by atoms with Gasteiger partial charge < -0.3 is 10.5 Å². The number of nitrogens with two attached hydrogens (primary N) is 1. The monoisotopic (exact) mass is 248 g/mol. The quantitative estimate of drug-likeness (QED) is 0.887. The summed E-state index contributed by atoms with van der Waals surface area (Å²) in [6.45, 7) is 4.39. The molecule has 1 saturated carbocycles. The SMILES string of the molecule is CC[C@@H](N)c1ccc(OC2CCC(C)CC2)cn1. The molecule has 100 valence electrons. The van der Waals surface area contributed by atoms with Gasteiger partial charge in [-0.15, -0.1) is 0 Å². The van der Waals surface area contributed by atoms with Crippen molar-refractivity contribution >= 4 is 0 Å². The van der Waals surface area contributed by atoms with Gasteiger partial charge in [-0.2, -0.15) is 0 Å². The molecule has 3 nitrogen and oxygen atoms in total. The van der Waals surface area contributed by atoms with Gasteiger partial charge in [0.05, 0.1) is 18.0 Å². The molecule has 1 aliphatic carbocycles. The van der Waals surface area contributed by atoms with E-state index in [4.69, 9.17) is 10.5 Å². The van der Waals surface area contributed by atoms with Gasteiger partial charge in [-0.05, 0) is 50.2 Å². The second-order valence-corrected chi connectivity index (χ2v) is 5.43. The molecule has 1 fully saturated rings. The van der Waals surface area contributed by atoms with Crippen molar-refractivity contribution in [2.24, 2.45) is 11.7 Å². The number of ether oxygens (including phenoxy) is 1. The molecule has 0 unspecified atom stereocenters. The Morgan fingerprint density at radius 2 is 2.06 bits per heavy atom. The zero-order chi connectivity index (χ0) is 13.0. The zero-order valence-electron chi connectivity index (χ0n) is 11.4. The lowest BCUT2D eigenvalue weighted by atomic mass is 9.89. The molecule has 1 heterocycles. The molecule has 0 bridgehead atoms. The first-order chi connectivity index (χ1) is 8.69. The summed E-state index contributed by atoms with van der Waals surface area (Å²) in [6, 6.07) is 4.01. The maximum absolute atomic E-state index is 5.97. The van der Waals surface area contributed by atoms with Crippen molar-refractivity contribution in [1.82, 2.24) is 4.98 Å². The van der Waals surface area contributed by atoms with Gasteiger partial charge in [-0.1, -0.05) is 13.8 Å². The van der Waals surface area contributed by atoms with E-state index in [2.05, 4.69) is 18.8 Å². The normalized spacial score (nSPS) is 25.7. The number of rotatable bonds is 4. The van der Waals surface area contributed by atoms with Crippen molar-refractivity contribution in [1.29, 1.82) is 0 Å². The number of hydrogen-bond donors (Lipinski definition) is 1. The van der Waals surface area contributed by atoms with E-state index in [1.54, 1.807) is 0 Å². The summed E-state index contributed by atoms with van der Waals surface area (Å²) in [7, 11) is 0. The second kappa shape index (κ2) is 6.19. The summed E-state index contributed by atoms with van der Waals surface area (Å²) in [5, 5.41) is 0. The predicted octanol–water partition coefficient (Wildman–Crippen LogP) is 3.45. The van der Waals surface area contributed by atoms with Crippen molar-refractivity contribution < 1.29 is 4.74 Å². The van der Waals surface area contributed by atoms with Gasteiger partial charge >= 0.3 is 0 Å². The highest BCUT2D eigenvalue weighted by atomic mass is 16.5. The van der Waals surface area contributed by atoms with Gasteiger partial charge in [0.2, 0.25) is 0 Å². The van der Waals surface area contributed by atoms with E-state index < -0.39 is 0 Å². The number of nitrogens with zero attached hydrogens (tertiary/aromatic N) is 1. The van der Waals surface area contributed by atoms with Gasteiger partial charge in [-0.25, -0.2) is 0 Å². The Morgan fingerprint density at radius 1 is 1.33 bits per heavy atom. The van der Waals surface area contributed by atoms with Crippen molar-refractivity contribution in [2.45, 2.75) is 58.1 Å². The zero-order valence-corrected chi connectivity index (χ0v) is 11.4. The molecule has 2 N–H and O–H groups in total. The van der Waals surface area contributed by atoms with Crippen LogP contribution in [0.15, 0.2) is 18.3 Å². The van der Waals surface area contributed by atoms with Gasteiger partial charge in [0.15, 0.2) is 0 Å². The van der Waals surface area contributed by atoms with Crippen LogP contribution in [0, 0.1) is 5.92 Å². The Morgan fingerprint density at radius 3 is 2.61 bits per heavy atom. The highest BCUT2D eigenvalue weighted by Crippen LogP contribution is 2.27. The van der Waals surface area contributed by atoms with E-state index in [0.717, 1.165) is 36.6 Å². The summed E-state index contributed by atoms with van der Waals surface area (Å²) in [5.41, 5.74) is 6.89. The van der Waals surface area contributed by atoms with E-state index in [1.807, 2.05) is 18.3 Å². The fourth-order valence-electron chi connectivity index (χ4n) is 2.43. The van der Waals surface area contributed by atoms with Gasteiger partial charge in [0.25, 0.3) is 0 Å². The maximum atomic E-state index is 5.97. The molecule has 0 aliphatic heterocycles. The number of aromatic nitrogens is 1. The Labute approximate surface area is 110 Å². The highest BCUT2D eigenvalue weighted by molar-refractivity contribution is 5.21. The number of hydrogen-bond acceptors (Lipinski definition) is 3. The van der Waals surface area contributed by atoms with E-state index in [1.165, 1.54) is 12.8 Å². The van der Waals surface area contributed by atoms with Crippen LogP contribution in [0.1, 0.15) is 57.7 Å². The minimum Gasteiger partial charge on any atom is -0.489 e. The van der Waals surface area contributed by atoms with Crippen LogP contribution < -0.4 is 10.5 Å². The van der Waals surface area contributed by atoms with Crippen molar-refractivity contribution in [3.05, 3.63) is 24.0 Å². The summed E-state index contributed by atoms with van der Waals surface area (Å²) in [6.07, 6.45) is 7.97. The third kappa shape index (κ3) is 3.45. The van der Waals surface area contributed by atoms with Crippen molar-refractivity contribution in [3.8, 4) is 5.75 Å². The van der Waals surface area contributed by atoms with Crippen LogP contribution in [0.3, 0.4) is 0 Å². The molecule has 3 heteroatoms. The first-order valence-corrected chi connectivity index (χ1v) is 7.07. The molecule has 18 heavy (non-hydrogen) atoms. The second-order valence-electron chi connectivity index (χ2n) is 5.43. The summed E-state index contributed by atoms with van der Waals surface area (Å²) < 4.78 is 5.97. The van der Waals surface area contributed by atoms with Crippen molar-refractivity contribution in [2.75, 3.05) is 0 Å². The highest BCUT2D eigenvalue weighted by Gasteiger charge is 2.19. The van der Waals surface area contributed by atoms with Crippen LogP contribution in [0.4, 0.5) is 0 Å². The number of pyridine rings is 1. The molecule has 2 rings (SSSR count). The van der Waals surface area contributed by atoms with Crippen LogP contribution in [0.5, 0.6) is 5.75 Å². The Kier molecular flexibility index (Phi) is 4.59. The molecule has 0 amide bonds. The fraction of sp³-hybridized carbons (Fsp3) is 0.667. The molecule has 0 spiro atoms. The van der Waals surface area contributed by atoms with E-state index in [9.17, 15) is 0 Å². The third-order valence-electron chi connectivity index (χ3n) is 3.84. The predicted molar refractivity (Wildman–Crippen MR) is 73.5 cm³/mol. The summed E-state index contributed by atoms with van der Waals surface area (Å²) in [5.74, 6) is 1.73. The summed E-state index contributed by atoms with van der Waals surface area (Å²) >= 11 is 0. The molecule has 0 saturated heterocycles. The van der Waals surface area contributed by atoms with Crippen molar-refractivity contribution in [3.63, 3.8) is 0 Å². The minimum atomic E-state index is 0.0366. The average molecular weight is 248 g/mol. The lowest BCUT2D eigenvalue weighted by molar-refractivity contribution is 0.135. The molecule has 1 aromatic heterocycles. The lowest BCUT2D eigenvalue weighted by Gasteiger charge is -2.26. The van der Waals surface area contributed by atoms with Gasteiger partial charge in [0.1, 0.15) is 5.75 Å². The largest absolute Gasteiger partial charge is 0.489 e. The first-order valence-electron chi connectivity index (χ1n) is 7.07. The molecule has 0 aromatic carbocycles. The molecule has 1 aliphatic rings. The van der Waals surface area contributed by atoms with Crippen LogP contribution in [0.2, 0.25) is 0 Å². The van der Waals surface area contributed by atoms with Crippen LogP contribution in [-0.4, -0.2) is 11.1 Å². The molecule has 0 radical (unpaired) electrons. The van der Waals surface area contributed by atoms with Crippen LogP contribution in [-0.2, 0) is 0 Å². The third-order valence-corrected chi connectivity index (χ3v) is 3.84. The van der Waals surface area contributed by atoms with E-state index in [-0.39, 0.29) is 6.04 Å². The lowest BCUT2D eigenvalue weighted by Crippen LogP contribution is -2.23. The first kappa shape index (κ1) is 13.3. The Bertz CT molecular complexity index is 355. The smallest absolute Gasteiger partial charge is 0.138 e. The van der Waals surface area contributed by atoms with E-state index in [0.29, 0.717) is 6.10 Å². The van der Waals surface area contributed by atoms with Gasteiger partial charge in [-0.3, -0.25) is 4.98 Å². The van der Waals surface area contributed by atoms with Crippen LogP contribution in [0.25, 0.3) is 0 Å². The molecular weight excluding hydrogens is 224 g/mol. The summed E-state index contributed by atoms with van der Waals surface area (Å²) in [4.78, 5) is 4.38. The van der Waals surface area contributed by atoms with Crippen LogP contribution >= 0.6 is 0 Å². The molecular formula is C15H24N2O. The standard InChI is InChI=1S/C15H24N2O/c1-3-14(16)15-9-8-13(10-17-15)18-12-6-4-11(2)5-7-12/h8-12,14H,3-7,16H2,1-2H3/t11?,12?,14-/m1/s1. The van der Waals surface area contributed by atoms with E-state index >= 15 is 0 Å². The molecule has 1 aromatic rings. The maximum Gasteiger partial charge on any atom is 0.138 e. The Hall–Kier alpha value is -1.09. The average Bonchev–Trinajstić information content (AvgIpc) is 2.41. The van der Waals surface area contributed by atoms with Gasteiger partial charge in [0, 0.05) is 6.04 Å². The minimum absolute atomic E-state index is 0.0366. The fourth-order valence-corrected chi connectivity index (χ4v) is 2.43. The molecule has 1 atom stereocenters. The topological polar surface area (TPSA) is 48.1 Å².